The van der Waals surface area contributed by atoms with E-state index in [1.165, 1.54) is 0 Å². The van der Waals surface area contributed by atoms with Gasteiger partial charge >= 0.3 is 0 Å². The van der Waals surface area contributed by atoms with Crippen molar-refractivity contribution in [3.8, 4) is 11.5 Å². The molecule has 5 nitrogen and oxygen atoms in total. The molecule has 0 atom stereocenters. The summed E-state index contributed by atoms with van der Waals surface area (Å²) in [5.41, 5.74) is 6.22. The first-order valence-corrected chi connectivity index (χ1v) is 5.33. The van der Waals surface area contributed by atoms with Gasteiger partial charge in [0.1, 0.15) is 18.1 Å². The van der Waals surface area contributed by atoms with Gasteiger partial charge in [-0.1, -0.05) is 6.07 Å². The minimum absolute atomic E-state index is 0.536. The Bertz CT molecular complexity index is 482. The Morgan fingerprint density at radius 1 is 1.35 bits per heavy atom. The van der Waals surface area contributed by atoms with Gasteiger partial charge in [0.15, 0.2) is 0 Å². The SMILES string of the molecule is COc1cccc(OCCn2cc(N)cn2)c1. The molecular formula is C12H15N3O2. The number of rotatable bonds is 5. The van der Waals surface area contributed by atoms with Crippen LogP contribution in [0.3, 0.4) is 0 Å². The maximum atomic E-state index is 5.58. The second-order valence-corrected chi connectivity index (χ2v) is 3.56. The van der Waals surface area contributed by atoms with Gasteiger partial charge in [0, 0.05) is 12.3 Å². The topological polar surface area (TPSA) is 62.3 Å². The van der Waals surface area contributed by atoms with Crippen molar-refractivity contribution < 1.29 is 9.47 Å². The zero-order valence-electron chi connectivity index (χ0n) is 9.67. The van der Waals surface area contributed by atoms with E-state index in [4.69, 9.17) is 15.2 Å². The summed E-state index contributed by atoms with van der Waals surface area (Å²) in [7, 11) is 1.63. The molecule has 0 amide bonds. The van der Waals surface area contributed by atoms with Crippen LogP contribution in [-0.2, 0) is 6.54 Å². The second kappa shape index (κ2) is 5.25. The number of methoxy groups -OCH3 is 1. The highest BCUT2D eigenvalue weighted by Gasteiger charge is 1.98. The largest absolute Gasteiger partial charge is 0.497 e. The maximum Gasteiger partial charge on any atom is 0.123 e. The van der Waals surface area contributed by atoms with Crippen LogP contribution in [0.5, 0.6) is 11.5 Å². The molecule has 0 bridgehead atoms. The lowest BCUT2D eigenvalue weighted by Gasteiger charge is -2.07. The fourth-order valence-electron chi connectivity index (χ4n) is 1.45. The van der Waals surface area contributed by atoms with E-state index in [9.17, 15) is 0 Å². The van der Waals surface area contributed by atoms with Crippen molar-refractivity contribution in [2.75, 3.05) is 19.5 Å². The van der Waals surface area contributed by atoms with Crippen molar-refractivity contribution in [2.24, 2.45) is 0 Å². The summed E-state index contributed by atoms with van der Waals surface area (Å²) in [6, 6.07) is 7.50. The minimum Gasteiger partial charge on any atom is -0.497 e. The quantitative estimate of drug-likeness (QED) is 0.851. The molecule has 2 rings (SSSR count). The predicted octanol–water partition coefficient (Wildman–Crippen LogP) is 1.55. The van der Waals surface area contributed by atoms with Gasteiger partial charge in [0.25, 0.3) is 0 Å². The Labute approximate surface area is 99.8 Å². The van der Waals surface area contributed by atoms with Crippen molar-refractivity contribution in [1.82, 2.24) is 9.78 Å². The molecule has 0 unspecified atom stereocenters. The van der Waals surface area contributed by atoms with Crippen molar-refractivity contribution in [1.29, 1.82) is 0 Å². The number of nitrogen functional groups attached to an aromatic ring is 1. The molecule has 1 aromatic heterocycles. The zero-order chi connectivity index (χ0) is 12.1. The van der Waals surface area contributed by atoms with E-state index < -0.39 is 0 Å². The zero-order valence-corrected chi connectivity index (χ0v) is 9.67. The number of anilines is 1. The van der Waals surface area contributed by atoms with Crippen LogP contribution in [0, 0.1) is 0 Å². The average Bonchev–Trinajstić information content (AvgIpc) is 2.75. The van der Waals surface area contributed by atoms with Crippen molar-refractivity contribution in [3.05, 3.63) is 36.7 Å². The van der Waals surface area contributed by atoms with Gasteiger partial charge in [-0.25, -0.2) is 0 Å². The van der Waals surface area contributed by atoms with E-state index in [-0.39, 0.29) is 0 Å². The van der Waals surface area contributed by atoms with Gasteiger partial charge in [0.05, 0.1) is 25.5 Å². The molecule has 0 saturated heterocycles. The molecule has 0 aliphatic heterocycles. The van der Waals surface area contributed by atoms with E-state index in [0.29, 0.717) is 18.8 Å². The molecule has 0 aliphatic carbocycles. The molecule has 17 heavy (non-hydrogen) atoms. The van der Waals surface area contributed by atoms with Crippen LogP contribution in [0.25, 0.3) is 0 Å². The number of hydrogen-bond donors (Lipinski definition) is 1. The highest BCUT2D eigenvalue weighted by atomic mass is 16.5. The summed E-state index contributed by atoms with van der Waals surface area (Å²) in [6.45, 7) is 1.20. The Hall–Kier alpha value is -2.17. The number of aromatic nitrogens is 2. The molecule has 2 aromatic rings. The first kappa shape index (κ1) is 11.3. The highest BCUT2D eigenvalue weighted by molar-refractivity contribution is 5.33. The van der Waals surface area contributed by atoms with Crippen molar-refractivity contribution in [2.45, 2.75) is 6.54 Å². The molecule has 90 valence electrons. The molecule has 1 heterocycles. The minimum atomic E-state index is 0.536. The summed E-state index contributed by atoms with van der Waals surface area (Å²) in [4.78, 5) is 0. The van der Waals surface area contributed by atoms with E-state index in [0.717, 1.165) is 11.5 Å². The Morgan fingerprint density at radius 3 is 2.88 bits per heavy atom. The molecule has 5 heteroatoms. The van der Waals surface area contributed by atoms with Crippen molar-refractivity contribution in [3.63, 3.8) is 0 Å². The van der Waals surface area contributed by atoms with Crippen LogP contribution in [0.1, 0.15) is 0 Å². The molecule has 2 N–H and O–H groups in total. The third-order valence-electron chi connectivity index (χ3n) is 2.28. The number of benzene rings is 1. The van der Waals surface area contributed by atoms with Crippen LogP contribution < -0.4 is 15.2 Å². The number of ether oxygens (including phenoxy) is 2. The Morgan fingerprint density at radius 2 is 2.18 bits per heavy atom. The highest BCUT2D eigenvalue weighted by Crippen LogP contribution is 2.18. The number of nitrogens with zero attached hydrogens (tertiary/aromatic N) is 2. The summed E-state index contributed by atoms with van der Waals surface area (Å²) in [5.74, 6) is 1.57. The van der Waals surface area contributed by atoms with Crippen LogP contribution in [-0.4, -0.2) is 23.5 Å². The number of hydrogen-bond acceptors (Lipinski definition) is 4. The van der Waals surface area contributed by atoms with Crippen LogP contribution in [0.15, 0.2) is 36.7 Å². The summed E-state index contributed by atoms with van der Waals surface area (Å²) in [6.07, 6.45) is 3.39. The fraction of sp³-hybridized carbons (Fsp3) is 0.250. The third-order valence-corrected chi connectivity index (χ3v) is 2.28. The van der Waals surface area contributed by atoms with E-state index >= 15 is 0 Å². The number of nitrogens with two attached hydrogens (primary N) is 1. The molecular weight excluding hydrogens is 218 g/mol. The smallest absolute Gasteiger partial charge is 0.123 e. The molecule has 0 spiro atoms. The Kier molecular flexibility index (Phi) is 3.49. The van der Waals surface area contributed by atoms with E-state index in [1.807, 2.05) is 24.3 Å². The van der Waals surface area contributed by atoms with E-state index in [2.05, 4.69) is 5.10 Å². The molecule has 0 saturated carbocycles. The van der Waals surface area contributed by atoms with Gasteiger partial charge in [0.2, 0.25) is 0 Å². The predicted molar refractivity (Wildman–Crippen MR) is 65.1 cm³/mol. The van der Waals surface area contributed by atoms with Gasteiger partial charge in [-0.3, -0.25) is 4.68 Å². The van der Waals surface area contributed by atoms with Crippen LogP contribution in [0.4, 0.5) is 5.69 Å². The molecule has 1 aromatic carbocycles. The van der Waals surface area contributed by atoms with Crippen LogP contribution in [0.2, 0.25) is 0 Å². The lowest BCUT2D eigenvalue weighted by atomic mass is 10.3. The summed E-state index contributed by atoms with van der Waals surface area (Å²) < 4.78 is 12.4. The standard InChI is InChI=1S/C12H15N3O2/c1-16-11-3-2-4-12(7-11)17-6-5-15-9-10(13)8-14-15/h2-4,7-9H,5-6,13H2,1H3. The summed E-state index contributed by atoms with van der Waals surface area (Å²) >= 11 is 0. The van der Waals surface area contributed by atoms with Gasteiger partial charge in [-0.05, 0) is 12.1 Å². The molecule has 0 fully saturated rings. The van der Waals surface area contributed by atoms with Crippen molar-refractivity contribution >= 4 is 5.69 Å². The van der Waals surface area contributed by atoms with Gasteiger partial charge < -0.3 is 15.2 Å². The van der Waals surface area contributed by atoms with Gasteiger partial charge in [-0.15, -0.1) is 0 Å². The lowest BCUT2D eigenvalue weighted by molar-refractivity contribution is 0.289. The first-order valence-electron chi connectivity index (χ1n) is 5.33. The molecule has 0 radical (unpaired) electrons. The monoisotopic (exact) mass is 233 g/mol. The second-order valence-electron chi connectivity index (χ2n) is 3.56. The molecule has 0 aliphatic rings. The lowest BCUT2D eigenvalue weighted by Crippen LogP contribution is -2.08. The fourth-order valence-corrected chi connectivity index (χ4v) is 1.45. The third kappa shape index (κ3) is 3.14. The van der Waals surface area contributed by atoms with Gasteiger partial charge in [-0.2, -0.15) is 5.10 Å². The van der Waals surface area contributed by atoms with Crippen LogP contribution >= 0.6 is 0 Å². The normalized spacial score (nSPS) is 10.2. The Balaban J connectivity index is 1.85. The maximum absolute atomic E-state index is 5.58. The first-order chi connectivity index (χ1) is 8.28. The van der Waals surface area contributed by atoms with E-state index in [1.54, 1.807) is 24.2 Å². The average molecular weight is 233 g/mol. The summed E-state index contributed by atoms with van der Waals surface area (Å²) in [5, 5.41) is 4.07.